The number of nitrogens with zero attached hydrogens (tertiary/aromatic N) is 1. The largest absolute Gasteiger partial charge is 0.481 e. The molecule has 4 heteroatoms. The van der Waals surface area contributed by atoms with Gasteiger partial charge in [-0.3, -0.25) is 9.78 Å². The second-order valence-corrected chi connectivity index (χ2v) is 2.71. The van der Waals surface area contributed by atoms with Crippen molar-refractivity contribution < 1.29 is 15.0 Å². The average molecular weight is 193 g/mol. The second-order valence-electron chi connectivity index (χ2n) is 2.71. The lowest BCUT2D eigenvalue weighted by Crippen LogP contribution is -1.92. The van der Waals surface area contributed by atoms with Crippen molar-refractivity contribution in [3.05, 3.63) is 35.7 Å². The van der Waals surface area contributed by atoms with Crippen molar-refractivity contribution in [2.24, 2.45) is 0 Å². The highest BCUT2D eigenvalue weighted by atomic mass is 16.4. The minimum Gasteiger partial charge on any atom is -0.481 e. The Bertz CT molecular complexity index is 347. The molecule has 0 atom stereocenters. The highest BCUT2D eigenvalue weighted by Gasteiger charge is 1.93. The molecule has 0 saturated carbocycles. The molecular weight excluding hydrogens is 182 g/mol. The Labute approximate surface area is 81.5 Å². The summed E-state index contributed by atoms with van der Waals surface area (Å²) in [6.45, 7) is -0.111. The molecule has 1 aromatic heterocycles. The Balaban J connectivity index is 2.66. The summed E-state index contributed by atoms with van der Waals surface area (Å²) >= 11 is 0. The molecule has 0 aliphatic heterocycles. The van der Waals surface area contributed by atoms with Crippen LogP contribution in [0.3, 0.4) is 0 Å². The van der Waals surface area contributed by atoms with E-state index in [4.69, 9.17) is 10.2 Å². The van der Waals surface area contributed by atoms with E-state index >= 15 is 0 Å². The van der Waals surface area contributed by atoms with Gasteiger partial charge in [0.15, 0.2) is 0 Å². The van der Waals surface area contributed by atoms with E-state index in [2.05, 4.69) is 4.98 Å². The molecule has 0 fully saturated rings. The molecule has 0 aliphatic rings. The number of hydrogen-bond donors (Lipinski definition) is 2. The number of aliphatic carboxylic acids is 1. The summed E-state index contributed by atoms with van der Waals surface area (Å²) in [5, 5.41) is 17.2. The van der Waals surface area contributed by atoms with Gasteiger partial charge in [0.2, 0.25) is 0 Å². The fourth-order valence-corrected chi connectivity index (χ4v) is 0.960. The van der Waals surface area contributed by atoms with E-state index in [9.17, 15) is 4.79 Å². The van der Waals surface area contributed by atoms with Gasteiger partial charge in [-0.25, -0.2) is 0 Å². The topological polar surface area (TPSA) is 70.4 Å². The summed E-state index contributed by atoms with van der Waals surface area (Å²) in [6, 6.07) is 5.21. The molecule has 0 spiro atoms. The minimum absolute atomic E-state index is 0.0228. The van der Waals surface area contributed by atoms with E-state index in [0.717, 1.165) is 0 Å². The van der Waals surface area contributed by atoms with Crippen molar-refractivity contribution in [1.29, 1.82) is 0 Å². The molecule has 0 radical (unpaired) electrons. The summed E-state index contributed by atoms with van der Waals surface area (Å²) in [5.41, 5.74) is 1.22. The van der Waals surface area contributed by atoms with E-state index < -0.39 is 5.97 Å². The molecule has 0 aliphatic carbocycles. The van der Waals surface area contributed by atoms with Gasteiger partial charge in [-0.05, 0) is 18.2 Å². The van der Waals surface area contributed by atoms with Crippen LogP contribution in [0.25, 0.3) is 6.08 Å². The lowest BCUT2D eigenvalue weighted by molar-refractivity contribution is -0.135. The van der Waals surface area contributed by atoms with Gasteiger partial charge in [0.1, 0.15) is 0 Å². The Morgan fingerprint density at radius 3 is 2.93 bits per heavy atom. The van der Waals surface area contributed by atoms with Crippen molar-refractivity contribution in [1.82, 2.24) is 4.98 Å². The van der Waals surface area contributed by atoms with Gasteiger partial charge in [-0.15, -0.1) is 0 Å². The summed E-state index contributed by atoms with van der Waals surface area (Å²) in [5.74, 6) is -0.875. The number of rotatable bonds is 4. The molecule has 0 aromatic carbocycles. The Morgan fingerprint density at radius 2 is 2.29 bits per heavy atom. The van der Waals surface area contributed by atoms with Crippen LogP contribution in [0.15, 0.2) is 24.3 Å². The van der Waals surface area contributed by atoms with Crippen LogP contribution in [0.4, 0.5) is 0 Å². The van der Waals surface area contributed by atoms with Crippen molar-refractivity contribution >= 4 is 12.0 Å². The monoisotopic (exact) mass is 193 g/mol. The maximum absolute atomic E-state index is 10.2. The Hall–Kier alpha value is -1.68. The van der Waals surface area contributed by atoms with Crippen molar-refractivity contribution in [3.63, 3.8) is 0 Å². The van der Waals surface area contributed by atoms with Crippen LogP contribution in [0.2, 0.25) is 0 Å². The number of aromatic nitrogens is 1. The zero-order chi connectivity index (χ0) is 10.4. The first kappa shape index (κ1) is 10.4. The maximum atomic E-state index is 10.2. The van der Waals surface area contributed by atoms with E-state index in [1.165, 1.54) is 6.08 Å². The molecule has 1 rings (SSSR count). The lowest BCUT2D eigenvalue weighted by Gasteiger charge is -1.96. The number of hydrogen-bond acceptors (Lipinski definition) is 3. The van der Waals surface area contributed by atoms with E-state index in [-0.39, 0.29) is 13.0 Å². The van der Waals surface area contributed by atoms with Gasteiger partial charge >= 0.3 is 5.97 Å². The zero-order valence-corrected chi connectivity index (χ0v) is 7.55. The fraction of sp³-hybridized carbons (Fsp3) is 0.200. The predicted octanol–water partition coefficient (Wildman–Crippen LogP) is 1.06. The first-order valence-corrected chi connectivity index (χ1v) is 4.17. The highest BCUT2D eigenvalue weighted by molar-refractivity contribution is 5.70. The van der Waals surface area contributed by atoms with Crippen molar-refractivity contribution in [3.8, 4) is 0 Å². The molecule has 14 heavy (non-hydrogen) atoms. The Kier molecular flexibility index (Phi) is 3.82. The van der Waals surface area contributed by atoms with Crippen LogP contribution in [0.1, 0.15) is 17.8 Å². The number of aliphatic hydroxyl groups excluding tert-OH is 1. The number of carboxylic acid groups (broad SMARTS) is 1. The highest BCUT2D eigenvalue weighted by Crippen LogP contribution is 2.02. The lowest BCUT2D eigenvalue weighted by atomic mass is 10.2. The van der Waals surface area contributed by atoms with Gasteiger partial charge in [0, 0.05) is 0 Å². The van der Waals surface area contributed by atoms with Crippen LogP contribution in [0, 0.1) is 0 Å². The number of carboxylic acids is 1. The summed E-state index contributed by atoms with van der Waals surface area (Å²) in [6.07, 6.45) is 3.12. The quantitative estimate of drug-likeness (QED) is 0.750. The van der Waals surface area contributed by atoms with Gasteiger partial charge < -0.3 is 10.2 Å². The molecule has 0 unspecified atom stereocenters. The van der Waals surface area contributed by atoms with E-state index in [1.807, 2.05) is 0 Å². The number of aliphatic hydroxyl groups is 1. The van der Waals surface area contributed by atoms with Crippen LogP contribution in [-0.2, 0) is 11.4 Å². The second kappa shape index (κ2) is 5.14. The predicted molar refractivity (Wildman–Crippen MR) is 51.4 cm³/mol. The van der Waals surface area contributed by atoms with Crippen molar-refractivity contribution in [2.75, 3.05) is 0 Å². The van der Waals surface area contributed by atoms with Gasteiger partial charge in [-0.2, -0.15) is 0 Å². The third-order valence-corrected chi connectivity index (χ3v) is 1.57. The molecule has 0 amide bonds. The maximum Gasteiger partial charge on any atom is 0.307 e. The smallest absolute Gasteiger partial charge is 0.307 e. The van der Waals surface area contributed by atoms with E-state index in [0.29, 0.717) is 11.4 Å². The molecule has 0 saturated heterocycles. The third-order valence-electron chi connectivity index (χ3n) is 1.57. The number of pyridine rings is 1. The van der Waals surface area contributed by atoms with Gasteiger partial charge in [0.25, 0.3) is 0 Å². The molecule has 0 bridgehead atoms. The van der Waals surface area contributed by atoms with Gasteiger partial charge in [-0.1, -0.05) is 12.1 Å². The standard InChI is InChI=1S/C10H11NO3/c12-7-9-5-1-3-8(11-9)4-2-6-10(13)14/h1-5,12H,6-7H2,(H,13,14). The number of carbonyl (C=O) groups is 1. The molecule has 4 nitrogen and oxygen atoms in total. The average Bonchev–Trinajstić information content (AvgIpc) is 2.18. The van der Waals surface area contributed by atoms with Crippen LogP contribution >= 0.6 is 0 Å². The first-order chi connectivity index (χ1) is 6.72. The normalized spacial score (nSPS) is 10.6. The zero-order valence-electron chi connectivity index (χ0n) is 7.55. The Morgan fingerprint density at radius 1 is 1.50 bits per heavy atom. The fourth-order valence-electron chi connectivity index (χ4n) is 0.960. The first-order valence-electron chi connectivity index (χ1n) is 4.17. The van der Waals surface area contributed by atoms with Gasteiger partial charge in [0.05, 0.1) is 24.4 Å². The summed E-state index contributed by atoms with van der Waals surface area (Å²) < 4.78 is 0. The molecular formula is C10H11NO3. The third kappa shape index (κ3) is 3.37. The minimum atomic E-state index is -0.875. The molecule has 74 valence electrons. The summed E-state index contributed by atoms with van der Waals surface area (Å²) in [4.78, 5) is 14.3. The SMILES string of the molecule is O=C(O)CC=Cc1cccc(CO)n1. The van der Waals surface area contributed by atoms with Crippen LogP contribution in [-0.4, -0.2) is 21.2 Å². The molecule has 2 N–H and O–H groups in total. The van der Waals surface area contributed by atoms with Crippen LogP contribution in [0.5, 0.6) is 0 Å². The van der Waals surface area contributed by atoms with Crippen LogP contribution < -0.4 is 0 Å². The van der Waals surface area contributed by atoms with E-state index in [1.54, 1.807) is 24.3 Å². The molecule has 1 aromatic rings. The summed E-state index contributed by atoms with van der Waals surface area (Å²) in [7, 11) is 0. The molecule has 1 heterocycles. The van der Waals surface area contributed by atoms with Crippen molar-refractivity contribution in [2.45, 2.75) is 13.0 Å².